The van der Waals surface area contributed by atoms with Crippen LogP contribution in [0.15, 0.2) is 42.6 Å². The first-order valence-corrected chi connectivity index (χ1v) is 6.65. The summed E-state index contributed by atoms with van der Waals surface area (Å²) in [5, 5.41) is 0. The Morgan fingerprint density at radius 2 is 2.10 bits per heavy atom. The number of methoxy groups -OCH3 is 1. The monoisotopic (exact) mass is 271 g/mol. The van der Waals surface area contributed by atoms with Gasteiger partial charge in [0.05, 0.1) is 24.7 Å². The first-order valence-electron chi connectivity index (χ1n) is 6.65. The molecule has 2 N–H and O–H groups in total. The molecule has 0 unspecified atom stereocenters. The van der Waals surface area contributed by atoms with Crippen molar-refractivity contribution in [2.45, 2.75) is 19.5 Å². The minimum atomic E-state index is -0.0345. The molecule has 0 radical (unpaired) electrons. The fourth-order valence-corrected chi connectivity index (χ4v) is 2.03. The van der Waals surface area contributed by atoms with Gasteiger partial charge in [-0.2, -0.15) is 0 Å². The first kappa shape index (κ1) is 14.3. The maximum atomic E-state index is 5.81. The highest BCUT2D eigenvalue weighted by molar-refractivity contribution is 5.45. The molecule has 2 rings (SSSR count). The predicted octanol–water partition coefficient (Wildman–Crippen LogP) is 2.75. The van der Waals surface area contributed by atoms with E-state index < -0.39 is 0 Å². The van der Waals surface area contributed by atoms with Crippen molar-refractivity contribution in [1.29, 1.82) is 0 Å². The summed E-state index contributed by atoms with van der Waals surface area (Å²) in [5.74, 6) is 0.876. The van der Waals surface area contributed by atoms with Crippen molar-refractivity contribution in [3.63, 3.8) is 0 Å². The summed E-state index contributed by atoms with van der Waals surface area (Å²) in [4.78, 5) is 6.53. The second kappa shape index (κ2) is 6.39. The molecule has 0 spiro atoms. The van der Waals surface area contributed by atoms with Gasteiger partial charge in [-0.1, -0.05) is 12.1 Å². The van der Waals surface area contributed by atoms with Gasteiger partial charge in [-0.3, -0.25) is 4.98 Å². The fourth-order valence-electron chi connectivity index (χ4n) is 2.03. The number of hydrogen-bond acceptors (Lipinski definition) is 4. The van der Waals surface area contributed by atoms with Crippen LogP contribution < -0.4 is 15.4 Å². The van der Waals surface area contributed by atoms with Gasteiger partial charge in [0.1, 0.15) is 5.75 Å². The molecule has 0 saturated carbocycles. The molecular weight excluding hydrogens is 250 g/mol. The number of pyridine rings is 1. The minimum Gasteiger partial charge on any atom is -0.497 e. The van der Waals surface area contributed by atoms with Crippen molar-refractivity contribution < 1.29 is 4.74 Å². The largest absolute Gasteiger partial charge is 0.497 e. The summed E-state index contributed by atoms with van der Waals surface area (Å²) in [6, 6.07) is 12.1. The lowest BCUT2D eigenvalue weighted by molar-refractivity contribution is 0.414. The highest BCUT2D eigenvalue weighted by Gasteiger charge is 2.05. The molecule has 1 heterocycles. The number of nitrogens with zero attached hydrogens (tertiary/aromatic N) is 2. The summed E-state index contributed by atoms with van der Waals surface area (Å²) in [6.45, 7) is 2.73. The summed E-state index contributed by atoms with van der Waals surface area (Å²) in [5.41, 5.74) is 8.98. The molecule has 4 nitrogen and oxygen atoms in total. The van der Waals surface area contributed by atoms with Crippen LogP contribution >= 0.6 is 0 Å². The number of rotatable bonds is 5. The molecule has 0 aliphatic rings. The third-order valence-corrected chi connectivity index (χ3v) is 3.23. The van der Waals surface area contributed by atoms with Crippen LogP contribution in [-0.2, 0) is 6.54 Å². The van der Waals surface area contributed by atoms with E-state index in [9.17, 15) is 0 Å². The molecule has 0 fully saturated rings. The van der Waals surface area contributed by atoms with E-state index in [4.69, 9.17) is 10.5 Å². The van der Waals surface area contributed by atoms with Gasteiger partial charge in [-0.25, -0.2) is 0 Å². The van der Waals surface area contributed by atoms with Crippen LogP contribution in [0.2, 0.25) is 0 Å². The first-order chi connectivity index (χ1) is 9.60. The zero-order valence-electron chi connectivity index (χ0n) is 12.2. The van der Waals surface area contributed by atoms with E-state index in [1.807, 2.05) is 50.5 Å². The standard InChI is InChI=1S/C16H21N3O/c1-12(17)16-8-7-14(10-18-16)19(2)11-13-5-4-6-15(9-13)20-3/h4-10,12H,11,17H2,1-3H3/t12-/m0/s1. The Balaban J connectivity index is 2.08. The molecule has 106 valence electrons. The number of ether oxygens (including phenoxy) is 1. The Morgan fingerprint density at radius 1 is 1.30 bits per heavy atom. The second-order valence-electron chi connectivity index (χ2n) is 4.94. The Morgan fingerprint density at radius 3 is 2.70 bits per heavy atom. The number of aromatic nitrogens is 1. The van der Waals surface area contributed by atoms with E-state index >= 15 is 0 Å². The SMILES string of the molecule is COc1cccc(CN(C)c2ccc([C@H](C)N)nc2)c1. The normalized spacial score (nSPS) is 12.0. The number of nitrogens with two attached hydrogens (primary N) is 1. The summed E-state index contributed by atoms with van der Waals surface area (Å²) in [7, 11) is 3.72. The van der Waals surface area contributed by atoms with Gasteiger partial charge in [0.2, 0.25) is 0 Å². The molecule has 2 aromatic rings. The molecule has 1 aromatic carbocycles. The third-order valence-electron chi connectivity index (χ3n) is 3.23. The highest BCUT2D eigenvalue weighted by atomic mass is 16.5. The molecule has 20 heavy (non-hydrogen) atoms. The van der Waals surface area contributed by atoms with E-state index in [1.54, 1.807) is 7.11 Å². The lowest BCUT2D eigenvalue weighted by Crippen LogP contribution is -2.17. The van der Waals surface area contributed by atoms with Crippen molar-refractivity contribution >= 4 is 5.69 Å². The zero-order valence-corrected chi connectivity index (χ0v) is 12.2. The molecule has 0 saturated heterocycles. The molecule has 0 aliphatic heterocycles. The van der Waals surface area contributed by atoms with E-state index in [0.717, 1.165) is 23.7 Å². The molecule has 0 amide bonds. The van der Waals surface area contributed by atoms with Crippen LogP contribution in [0, 0.1) is 0 Å². The van der Waals surface area contributed by atoms with E-state index in [2.05, 4.69) is 16.0 Å². The quantitative estimate of drug-likeness (QED) is 0.908. The van der Waals surface area contributed by atoms with Crippen LogP contribution in [0.1, 0.15) is 24.2 Å². The number of hydrogen-bond donors (Lipinski definition) is 1. The molecular formula is C16H21N3O. The van der Waals surface area contributed by atoms with E-state index in [1.165, 1.54) is 5.56 Å². The Labute approximate surface area is 120 Å². The average molecular weight is 271 g/mol. The van der Waals surface area contributed by atoms with Crippen LogP contribution in [0.4, 0.5) is 5.69 Å². The highest BCUT2D eigenvalue weighted by Crippen LogP contribution is 2.18. The van der Waals surface area contributed by atoms with Crippen molar-refractivity contribution in [1.82, 2.24) is 4.98 Å². The molecule has 0 bridgehead atoms. The van der Waals surface area contributed by atoms with Gasteiger partial charge in [-0.15, -0.1) is 0 Å². The Bertz CT molecular complexity index is 552. The molecule has 1 aromatic heterocycles. The lowest BCUT2D eigenvalue weighted by atomic mass is 10.2. The fraction of sp³-hybridized carbons (Fsp3) is 0.312. The van der Waals surface area contributed by atoms with Crippen molar-refractivity contribution in [3.8, 4) is 5.75 Å². The maximum Gasteiger partial charge on any atom is 0.119 e. The smallest absolute Gasteiger partial charge is 0.119 e. The van der Waals surface area contributed by atoms with Gasteiger partial charge in [0, 0.05) is 19.6 Å². The summed E-state index contributed by atoms with van der Waals surface area (Å²) < 4.78 is 5.24. The zero-order chi connectivity index (χ0) is 14.5. The van der Waals surface area contributed by atoms with Crippen LogP contribution in [0.3, 0.4) is 0 Å². The van der Waals surface area contributed by atoms with E-state index in [0.29, 0.717) is 0 Å². The van der Waals surface area contributed by atoms with Crippen molar-refractivity contribution in [2.75, 3.05) is 19.1 Å². The van der Waals surface area contributed by atoms with Crippen LogP contribution in [0.25, 0.3) is 0 Å². The number of benzene rings is 1. The van der Waals surface area contributed by atoms with E-state index in [-0.39, 0.29) is 6.04 Å². The minimum absolute atomic E-state index is 0.0345. The van der Waals surface area contributed by atoms with Gasteiger partial charge < -0.3 is 15.4 Å². The molecule has 1 atom stereocenters. The van der Waals surface area contributed by atoms with Crippen molar-refractivity contribution in [3.05, 3.63) is 53.9 Å². The second-order valence-corrected chi connectivity index (χ2v) is 4.94. The maximum absolute atomic E-state index is 5.81. The van der Waals surface area contributed by atoms with Gasteiger partial charge in [0.15, 0.2) is 0 Å². The summed E-state index contributed by atoms with van der Waals surface area (Å²) in [6.07, 6.45) is 1.86. The van der Waals surface area contributed by atoms with Gasteiger partial charge >= 0.3 is 0 Å². The summed E-state index contributed by atoms with van der Waals surface area (Å²) >= 11 is 0. The van der Waals surface area contributed by atoms with Gasteiger partial charge in [-0.05, 0) is 36.8 Å². The van der Waals surface area contributed by atoms with Crippen molar-refractivity contribution in [2.24, 2.45) is 5.73 Å². The average Bonchev–Trinajstić information content (AvgIpc) is 2.47. The topological polar surface area (TPSA) is 51.4 Å². The predicted molar refractivity (Wildman–Crippen MR) is 81.9 cm³/mol. The third kappa shape index (κ3) is 3.48. The lowest BCUT2D eigenvalue weighted by Gasteiger charge is -2.20. The van der Waals surface area contributed by atoms with Gasteiger partial charge in [0.25, 0.3) is 0 Å². The Kier molecular flexibility index (Phi) is 4.58. The van der Waals surface area contributed by atoms with Crippen LogP contribution in [-0.4, -0.2) is 19.1 Å². The Hall–Kier alpha value is -2.07. The number of anilines is 1. The van der Waals surface area contributed by atoms with Crippen LogP contribution in [0.5, 0.6) is 5.75 Å². The molecule has 4 heteroatoms. The molecule has 0 aliphatic carbocycles.